The summed E-state index contributed by atoms with van der Waals surface area (Å²) in [6, 6.07) is 6.95. The predicted molar refractivity (Wildman–Crippen MR) is 102 cm³/mol. The van der Waals surface area contributed by atoms with Gasteiger partial charge in [0.25, 0.3) is 0 Å². The molecule has 2 rings (SSSR count). The largest absolute Gasteiger partial charge is 0.508 e. The van der Waals surface area contributed by atoms with Crippen molar-refractivity contribution in [2.24, 2.45) is 11.7 Å². The van der Waals surface area contributed by atoms with Gasteiger partial charge in [-0.2, -0.15) is 0 Å². The number of carbonyl (C=O) groups is 1. The SMILES string of the molecule is CCC(C)C(N)C(=O)N1CCN(Cc2cccc(O)c2)CC1.Cl.Cl. The van der Waals surface area contributed by atoms with Crippen molar-refractivity contribution in [2.45, 2.75) is 32.9 Å². The van der Waals surface area contributed by atoms with Gasteiger partial charge in [-0.05, 0) is 23.6 Å². The van der Waals surface area contributed by atoms with Gasteiger partial charge in [-0.1, -0.05) is 32.4 Å². The molecule has 0 spiro atoms. The van der Waals surface area contributed by atoms with E-state index in [0.717, 1.165) is 44.7 Å². The maximum Gasteiger partial charge on any atom is 0.239 e. The molecular formula is C17H29Cl2N3O2. The molecule has 2 atom stereocenters. The molecule has 0 bridgehead atoms. The number of piperazine rings is 1. The monoisotopic (exact) mass is 377 g/mol. The van der Waals surface area contributed by atoms with Crippen LogP contribution in [-0.4, -0.2) is 53.0 Å². The van der Waals surface area contributed by atoms with Crippen LogP contribution in [0, 0.1) is 5.92 Å². The summed E-state index contributed by atoms with van der Waals surface area (Å²) in [5.74, 6) is 0.593. The van der Waals surface area contributed by atoms with Crippen LogP contribution in [0.15, 0.2) is 24.3 Å². The standard InChI is InChI=1S/C17H27N3O2.2ClH/c1-3-13(2)16(18)17(22)20-9-7-19(8-10-20)12-14-5-4-6-15(21)11-14;;/h4-6,11,13,16,21H,3,7-10,12,18H2,1-2H3;2*1H. The maximum atomic E-state index is 12.4. The summed E-state index contributed by atoms with van der Waals surface area (Å²) in [7, 11) is 0. The second kappa shape index (κ2) is 10.8. The van der Waals surface area contributed by atoms with E-state index in [1.54, 1.807) is 12.1 Å². The van der Waals surface area contributed by atoms with E-state index in [1.165, 1.54) is 0 Å². The number of halogens is 2. The number of carbonyl (C=O) groups excluding carboxylic acids is 1. The molecule has 0 saturated carbocycles. The summed E-state index contributed by atoms with van der Waals surface area (Å²) in [6.07, 6.45) is 0.921. The zero-order valence-corrected chi connectivity index (χ0v) is 16.0. The van der Waals surface area contributed by atoms with E-state index in [-0.39, 0.29) is 42.7 Å². The van der Waals surface area contributed by atoms with E-state index in [2.05, 4.69) is 11.8 Å². The zero-order valence-electron chi connectivity index (χ0n) is 14.4. The Morgan fingerprint density at radius 3 is 2.42 bits per heavy atom. The molecule has 7 heteroatoms. The molecule has 1 aliphatic rings. The second-order valence-electron chi connectivity index (χ2n) is 6.18. The first-order chi connectivity index (χ1) is 10.5. The van der Waals surface area contributed by atoms with E-state index in [0.29, 0.717) is 5.75 Å². The Balaban J connectivity index is 0.00000264. The fourth-order valence-electron chi connectivity index (χ4n) is 2.75. The van der Waals surface area contributed by atoms with Crippen LogP contribution in [0.5, 0.6) is 5.75 Å². The molecule has 0 radical (unpaired) electrons. The summed E-state index contributed by atoms with van der Waals surface area (Å²) < 4.78 is 0. The number of hydrogen-bond acceptors (Lipinski definition) is 4. The molecule has 1 heterocycles. The van der Waals surface area contributed by atoms with Gasteiger partial charge in [0.2, 0.25) is 5.91 Å². The average Bonchev–Trinajstić information content (AvgIpc) is 2.53. The first kappa shape index (κ1) is 23.0. The summed E-state index contributed by atoms with van der Waals surface area (Å²) in [5.41, 5.74) is 7.14. The third-order valence-electron chi connectivity index (χ3n) is 4.54. The third-order valence-corrected chi connectivity index (χ3v) is 4.54. The molecule has 24 heavy (non-hydrogen) atoms. The van der Waals surface area contributed by atoms with Gasteiger partial charge in [0.15, 0.2) is 0 Å². The number of aromatic hydroxyl groups is 1. The molecule has 1 aromatic rings. The van der Waals surface area contributed by atoms with Crippen LogP contribution in [0.25, 0.3) is 0 Å². The van der Waals surface area contributed by atoms with Crippen LogP contribution in [-0.2, 0) is 11.3 Å². The van der Waals surface area contributed by atoms with Crippen LogP contribution in [0.4, 0.5) is 0 Å². The summed E-state index contributed by atoms with van der Waals surface area (Å²) in [5, 5.41) is 9.51. The van der Waals surface area contributed by atoms with Gasteiger partial charge in [0, 0.05) is 32.7 Å². The second-order valence-corrected chi connectivity index (χ2v) is 6.18. The van der Waals surface area contributed by atoms with E-state index in [1.807, 2.05) is 24.0 Å². The minimum absolute atomic E-state index is 0. The molecular weight excluding hydrogens is 349 g/mol. The first-order valence-corrected chi connectivity index (χ1v) is 8.06. The highest BCUT2D eigenvalue weighted by Crippen LogP contribution is 2.15. The third kappa shape index (κ3) is 6.13. The van der Waals surface area contributed by atoms with Gasteiger partial charge < -0.3 is 15.7 Å². The molecule has 2 unspecified atom stereocenters. The van der Waals surface area contributed by atoms with Crippen molar-refractivity contribution in [1.29, 1.82) is 0 Å². The minimum Gasteiger partial charge on any atom is -0.508 e. The van der Waals surface area contributed by atoms with Crippen LogP contribution < -0.4 is 5.73 Å². The summed E-state index contributed by atoms with van der Waals surface area (Å²) in [4.78, 5) is 16.5. The van der Waals surface area contributed by atoms with E-state index >= 15 is 0 Å². The Kier molecular flexibility index (Phi) is 10.3. The lowest BCUT2D eigenvalue weighted by molar-refractivity contribution is -0.135. The number of amides is 1. The molecule has 1 amide bonds. The molecule has 1 fully saturated rings. The summed E-state index contributed by atoms with van der Waals surface area (Å²) in [6.45, 7) is 8.02. The van der Waals surface area contributed by atoms with E-state index in [4.69, 9.17) is 5.73 Å². The molecule has 3 N–H and O–H groups in total. The topological polar surface area (TPSA) is 69.8 Å². The van der Waals surface area contributed by atoms with E-state index < -0.39 is 0 Å². The molecule has 0 aromatic heterocycles. The number of phenols is 1. The molecule has 1 aliphatic heterocycles. The van der Waals surface area contributed by atoms with Crippen molar-refractivity contribution in [2.75, 3.05) is 26.2 Å². The number of benzene rings is 1. The van der Waals surface area contributed by atoms with Gasteiger partial charge in [-0.25, -0.2) is 0 Å². The molecule has 5 nitrogen and oxygen atoms in total. The Morgan fingerprint density at radius 2 is 1.88 bits per heavy atom. The highest BCUT2D eigenvalue weighted by atomic mass is 35.5. The fraction of sp³-hybridized carbons (Fsp3) is 0.588. The number of rotatable bonds is 5. The van der Waals surface area contributed by atoms with Gasteiger partial charge >= 0.3 is 0 Å². The zero-order chi connectivity index (χ0) is 16.1. The van der Waals surface area contributed by atoms with Gasteiger partial charge in [0.1, 0.15) is 5.75 Å². The van der Waals surface area contributed by atoms with Gasteiger partial charge in [-0.15, -0.1) is 24.8 Å². The lowest BCUT2D eigenvalue weighted by Crippen LogP contribution is -2.54. The Hall–Kier alpha value is -1.01. The minimum atomic E-state index is -0.386. The van der Waals surface area contributed by atoms with Crippen molar-refractivity contribution in [3.8, 4) is 5.75 Å². The predicted octanol–water partition coefficient (Wildman–Crippen LogP) is 2.25. The molecule has 1 saturated heterocycles. The smallest absolute Gasteiger partial charge is 0.239 e. The van der Waals surface area contributed by atoms with Gasteiger partial charge in [0.05, 0.1) is 6.04 Å². The Morgan fingerprint density at radius 1 is 1.25 bits per heavy atom. The fourth-order valence-corrected chi connectivity index (χ4v) is 2.75. The maximum absolute atomic E-state index is 12.4. The van der Waals surface area contributed by atoms with Crippen molar-refractivity contribution < 1.29 is 9.90 Å². The van der Waals surface area contributed by atoms with E-state index in [9.17, 15) is 9.90 Å². The van der Waals surface area contributed by atoms with Crippen LogP contribution in [0.3, 0.4) is 0 Å². The number of nitrogens with zero attached hydrogens (tertiary/aromatic N) is 2. The van der Waals surface area contributed by atoms with Crippen molar-refractivity contribution in [3.05, 3.63) is 29.8 Å². The normalized spacial score (nSPS) is 17.4. The highest BCUT2D eigenvalue weighted by molar-refractivity contribution is 5.85. The molecule has 1 aromatic carbocycles. The summed E-state index contributed by atoms with van der Waals surface area (Å²) >= 11 is 0. The lowest BCUT2D eigenvalue weighted by Gasteiger charge is -2.36. The highest BCUT2D eigenvalue weighted by Gasteiger charge is 2.27. The number of phenolic OH excluding ortho intramolecular Hbond substituents is 1. The quantitative estimate of drug-likeness (QED) is 0.825. The van der Waals surface area contributed by atoms with Crippen molar-refractivity contribution >= 4 is 30.7 Å². The first-order valence-electron chi connectivity index (χ1n) is 8.06. The van der Waals surface area contributed by atoms with Crippen LogP contribution >= 0.6 is 24.8 Å². The van der Waals surface area contributed by atoms with Crippen molar-refractivity contribution in [1.82, 2.24) is 9.80 Å². The molecule has 138 valence electrons. The lowest BCUT2D eigenvalue weighted by atomic mass is 9.98. The Bertz CT molecular complexity index is 508. The Labute approximate surface area is 157 Å². The van der Waals surface area contributed by atoms with Gasteiger partial charge in [-0.3, -0.25) is 9.69 Å². The molecule has 0 aliphatic carbocycles. The van der Waals surface area contributed by atoms with Crippen molar-refractivity contribution in [3.63, 3.8) is 0 Å². The van der Waals surface area contributed by atoms with Crippen LogP contribution in [0.2, 0.25) is 0 Å². The number of hydrogen-bond donors (Lipinski definition) is 2. The average molecular weight is 378 g/mol. The van der Waals surface area contributed by atoms with Crippen LogP contribution in [0.1, 0.15) is 25.8 Å². The number of nitrogens with two attached hydrogens (primary N) is 1.